The first kappa shape index (κ1) is 21.1. The van der Waals surface area contributed by atoms with Crippen LogP contribution in [0.2, 0.25) is 0 Å². The van der Waals surface area contributed by atoms with Gasteiger partial charge in [0, 0.05) is 80.4 Å². The van der Waals surface area contributed by atoms with Crippen molar-refractivity contribution in [2.24, 2.45) is 27.1 Å². The van der Waals surface area contributed by atoms with E-state index in [1.54, 1.807) is 0 Å². The Morgan fingerprint density at radius 2 is 1.86 bits per heavy atom. The van der Waals surface area contributed by atoms with Gasteiger partial charge in [0.15, 0.2) is 0 Å². The maximum atomic E-state index is 8.58. The monoisotopic (exact) mass is 395 g/mol. The van der Waals surface area contributed by atoms with Crippen LogP contribution < -0.4 is 0 Å². The van der Waals surface area contributed by atoms with Crippen LogP contribution in [0.25, 0.3) is 20.9 Å². The molecule has 2 atom stereocenters. The molecule has 2 heterocycles. The lowest BCUT2D eigenvalue weighted by Crippen LogP contribution is -2.52. The first-order valence-electron chi connectivity index (χ1n) is 10.2. The topological polar surface area (TPSA) is 116 Å². The number of rotatable bonds is 8. The van der Waals surface area contributed by atoms with Crippen molar-refractivity contribution in [3.63, 3.8) is 0 Å². The predicted molar refractivity (Wildman–Crippen MR) is 116 cm³/mol. The second-order valence-electron chi connectivity index (χ2n) is 7.90. The van der Waals surface area contributed by atoms with Crippen LogP contribution in [0.1, 0.15) is 13.3 Å². The summed E-state index contributed by atoms with van der Waals surface area (Å²) < 4.78 is 0. The number of nitrogens with zero attached hydrogens (tertiary/aromatic N) is 9. The zero-order valence-electron chi connectivity index (χ0n) is 17.0. The van der Waals surface area contributed by atoms with Crippen molar-refractivity contribution in [3.8, 4) is 0 Å². The lowest BCUT2D eigenvalue weighted by atomic mass is 9.83. The van der Waals surface area contributed by atoms with Crippen LogP contribution in [0.3, 0.4) is 0 Å². The Labute approximate surface area is 171 Å². The highest BCUT2D eigenvalue weighted by Gasteiger charge is 2.24. The average molecular weight is 396 g/mol. The molecule has 3 aliphatic rings. The zero-order chi connectivity index (χ0) is 20.5. The van der Waals surface area contributed by atoms with Crippen LogP contribution in [-0.4, -0.2) is 74.4 Å². The molecule has 1 saturated heterocycles. The van der Waals surface area contributed by atoms with Crippen LogP contribution in [0, 0.1) is 11.8 Å². The van der Waals surface area contributed by atoms with E-state index in [0.29, 0.717) is 24.9 Å². The molecule has 9 heteroatoms. The molecule has 29 heavy (non-hydrogen) atoms. The number of hydrogen-bond acceptors (Lipinski definition) is 5. The van der Waals surface area contributed by atoms with E-state index in [2.05, 4.69) is 66.1 Å². The third-order valence-corrected chi connectivity index (χ3v) is 5.89. The summed E-state index contributed by atoms with van der Waals surface area (Å²) in [6, 6.07) is -0.0202. The first-order chi connectivity index (χ1) is 14.2. The lowest BCUT2D eigenvalue weighted by molar-refractivity contribution is 0.107. The van der Waals surface area contributed by atoms with Crippen molar-refractivity contribution in [1.82, 2.24) is 9.80 Å². The van der Waals surface area contributed by atoms with Gasteiger partial charge in [0.25, 0.3) is 0 Å². The molecule has 3 rings (SSSR count). The van der Waals surface area contributed by atoms with Gasteiger partial charge in [0.2, 0.25) is 0 Å². The van der Waals surface area contributed by atoms with Gasteiger partial charge in [-0.3, -0.25) is 14.8 Å². The summed E-state index contributed by atoms with van der Waals surface area (Å²) in [6.45, 7) is 8.33. The number of azide groups is 2. The molecule has 2 unspecified atom stereocenters. The fourth-order valence-electron chi connectivity index (χ4n) is 4.22. The molecule has 0 aromatic rings. The van der Waals surface area contributed by atoms with Crippen LogP contribution in [-0.2, 0) is 0 Å². The SMILES string of the molecule is CC1=CC(C2C=CC(CN3CCN(C(CN=[N+]=[N-])CN=[N+]=[N-])CC3)=CC2)CN=C1. The van der Waals surface area contributed by atoms with E-state index in [-0.39, 0.29) is 6.04 Å². The molecular formula is C20H29N9. The van der Waals surface area contributed by atoms with Gasteiger partial charge in [0.05, 0.1) is 0 Å². The summed E-state index contributed by atoms with van der Waals surface area (Å²) in [5.41, 5.74) is 19.8. The lowest BCUT2D eigenvalue weighted by Gasteiger charge is -2.39. The van der Waals surface area contributed by atoms with E-state index in [0.717, 1.165) is 45.7 Å². The largest absolute Gasteiger partial charge is 0.298 e. The summed E-state index contributed by atoms with van der Waals surface area (Å²) in [5.74, 6) is 1.06. The van der Waals surface area contributed by atoms with Crippen LogP contribution in [0.4, 0.5) is 0 Å². The third kappa shape index (κ3) is 6.21. The third-order valence-electron chi connectivity index (χ3n) is 5.89. The zero-order valence-corrected chi connectivity index (χ0v) is 17.0. The predicted octanol–water partition coefficient (Wildman–Crippen LogP) is 3.74. The molecule has 0 aromatic carbocycles. The van der Waals surface area contributed by atoms with Crippen molar-refractivity contribution in [3.05, 3.63) is 56.3 Å². The van der Waals surface area contributed by atoms with Gasteiger partial charge in [0.1, 0.15) is 0 Å². The molecule has 1 aliphatic carbocycles. The molecule has 0 bridgehead atoms. The van der Waals surface area contributed by atoms with Gasteiger partial charge in [-0.1, -0.05) is 34.5 Å². The Hall–Kier alpha value is -2.57. The quantitative estimate of drug-likeness (QED) is 0.354. The summed E-state index contributed by atoms with van der Waals surface area (Å²) in [5, 5.41) is 7.35. The van der Waals surface area contributed by atoms with Crippen molar-refractivity contribution in [1.29, 1.82) is 0 Å². The summed E-state index contributed by atoms with van der Waals surface area (Å²) in [7, 11) is 0. The maximum absolute atomic E-state index is 8.58. The maximum Gasteiger partial charge on any atom is 0.0458 e. The highest BCUT2D eigenvalue weighted by atomic mass is 15.3. The van der Waals surface area contributed by atoms with Gasteiger partial charge >= 0.3 is 0 Å². The van der Waals surface area contributed by atoms with E-state index in [4.69, 9.17) is 11.1 Å². The molecule has 0 saturated carbocycles. The van der Waals surface area contributed by atoms with Crippen molar-refractivity contribution in [2.45, 2.75) is 19.4 Å². The Morgan fingerprint density at radius 1 is 1.14 bits per heavy atom. The molecule has 1 fully saturated rings. The summed E-state index contributed by atoms with van der Waals surface area (Å²) in [4.78, 5) is 14.9. The molecular weight excluding hydrogens is 366 g/mol. The number of piperazine rings is 1. The minimum atomic E-state index is -0.0202. The number of hydrogen-bond donors (Lipinski definition) is 0. The Balaban J connectivity index is 1.46. The first-order valence-corrected chi connectivity index (χ1v) is 10.2. The van der Waals surface area contributed by atoms with Gasteiger partial charge in [-0.15, -0.1) is 0 Å². The standard InChI is InChI=1S/C20H29N9/c1-16-10-19(12-23-11-16)18-4-2-17(3-5-18)15-28-6-8-29(9-7-28)20(13-24-26-21)14-25-27-22/h2-4,10-11,18-20H,5-9,12-15H2,1H3. The highest BCUT2D eigenvalue weighted by Crippen LogP contribution is 2.28. The van der Waals surface area contributed by atoms with E-state index in [9.17, 15) is 0 Å². The highest BCUT2D eigenvalue weighted by molar-refractivity contribution is 5.78. The molecule has 0 spiro atoms. The number of allylic oxidation sites excluding steroid dienone is 3. The van der Waals surface area contributed by atoms with Crippen LogP contribution in [0.15, 0.2) is 50.7 Å². The second-order valence-corrected chi connectivity index (χ2v) is 7.90. The Bertz CT molecular complexity index is 756. The Morgan fingerprint density at radius 3 is 2.45 bits per heavy atom. The molecule has 154 valence electrons. The van der Waals surface area contributed by atoms with Gasteiger partial charge in [-0.2, -0.15) is 0 Å². The average Bonchev–Trinajstić information content (AvgIpc) is 2.75. The van der Waals surface area contributed by atoms with E-state index >= 15 is 0 Å². The minimum absolute atomic E-state index is 0.0202. The molecule has 9 nitrogen and oxygen atoms in total. The van der Waals surface area contributed by atoms with E-state index in [1.165, 1.54) is 11.1 Å². The second kappa shape index (κ2) is 10.8. The van der Waals surface area contributed by atoms with Crippen molar-refractivity contribution < 1.29 is 0 Å². The Kier molecular flexibility index (Phi) is 7.90. The fraction of sp³-hybridized carbons (Fsp3) is 0.650. The number of dihydropyridines is 1. The van der Waals surface area contributed by atoms with E-state index in [1.807, 2.05) is 6.21 Å². The number of aliphatic imine (C=N–C) groups is 1. The molecule has 0 radical (unpaired) electrons. The summed E-state index contributed by atoms with van der Waals surface area (Å²) >= 11 is 0. The van der Waals surface area contributed by atoms with Gasteiger partial charge in [-0.05, 0) is 41.5 Å². The van der Waals surface area contributed by atoms with E-state index < -0.39 is 0 Å². The normalized spacial score (nSPS) is 26.1. The molecule has 0 aromatic heterocycles. The van der Waals surface area contributed by atoms with Crippen molar-refractivity contribution in [2.75, 3.05) is 52.4 Å². The van der Waals surface area contributed by atoms with Gasteiger partial charge < -0.3 is 0 Å². The minimum Gasteiger partial charge on any atom is -0.298 e. The van der Waals surface area contributed by atoms with Gasteiger partial charge in [-0.25, -0.2) is 0 Å². The van der Waals surface area contributed by atoms with Crippen LogP contribution in [0.5, 0.6) is 0 Å². The molecule has 0 amide bonds. The smallest absolute Gasteiger partial charge is 0.0458 e. The van der Waals surface area contributed by atoms with Crippen molar-refractivity contribution >= 4 is 6.21 Å². The fourth-order valence-corrected chi connectivity index (χ4v) is 4.22. The molecule has 2 aliphatic heterocycles. The van der Waals surface area contributed by atoms with Crippen LogP contribution >= 0.6 is 0 Å². The summed E-state index contributed by atoms with van der Waals surface area (Å²) in [6.07, 6.45) is 12.4. The molecule has 0 N–H and O–H groups in total.